The number of carboxylic acids is 1. The van der Waals surface area contributed by atoms with Crippen molar-refractivity contribution in [1.29, 1.82) is 0 Å². The van der Waals surface area contributed by atoms with Crippen LogP contribution in [0.2, 0.25) is 0 Å². The molecule has 180 valence electrons. The molecule has 2 N–H and O–H groups in total. The van der Waals surface area contributed by atoms with Crippen LogP contribution in [0.3, 0.4) is 0 Å². The predicted molar refractivity (Wildman–Crippen MR) is 120 cm³/mol. The molecule has 1 heterocycles. The Balaban J connectivity index is 2.01. The first-order valence-electron chi connectivity index (χ1n) is 10.4. The number of rotatable bonds is 9. The third-order valence-electron chi connectivity index (χ3n) is 5.28. The number of alkyl halides is 3. The highest BCUT2D eigenvalue weighted by atomic mass is 32.2. The highest BCUT2D eigenvalue weighted by molar-refractivity contribution is 7.89. The van der Waals surface area contributed by atoms with Gasteiger partial charge in [-0.2, -0.15) is 13.2 Å². The number of aliphatic carboxylic acids is 1. The van der Waals surface area contributed by atoms with E-state index in [1.165, 1.54) is 6.07 Å². The fourth-order valence-corrected chi connectivity index (χ4v) is 5.14. The van der Waals surface area contributed by atoms with Crippen molar-refractivity contribution in [2.24, 2.45) is 0 Å². The molecule has 0 amide bonds. The molecule has 2 aromatic carbocycles. The van der Waals surface area contributed by atoms with E-state index >= 15 is 0 Å². The van der Waals surface area contributed by atoms with Crippen molar-refractivity contribution >= 4 is 16.0 Å². The maximum absolute atomic E-state index is 13.4. The molecule has 1 aromatic heterocycles. The van der Waals surface area contributed by atoms with Gasteiger partial charge in [-0.1, -0.05) is 30.3 Å². The summed E-state index contributed by atoms with van der Waals surface area (Å²) in [6.45, 7) is 1.87. The van der Waals surface area contributed by atoms with E-state index < -0.39 is 38.7 Å². The number of carbonyl (C=O) groups is 1. The summed E-state index contributed by atoms with van der Waals surface area (Å²) >= 11 is 0. The van der Waals surface area contributed by atoms with Crippen molar-refractivity contribution in [2.45, 2.75) is 43.3 Å². The molecule has 34 heavy (non-hydrogen) atoms. The molecule has 0 aliphatic rings. The van der Waals surface area contributed by atoms with E-state index in [9.17, 15) is 26.4 Å². The quantitative estimate of drug-likeness (QED) is 0.420. The van der Waals surface area contributed by atoms with E-state index in [4.69, 9.17) is 5.11 Å². The van der Waals surface area contributed by atoms with Crippen LogP contribution in [-0.4, -0.2) is 24.5 Å². The number of nitrogens with zero attached hydrogens (tertiary/aromatic N) is 1. The number of benzene rings is 2. The number of hydrogen-bond acceptors (Lipinski definition) is 4. The fourth-order valence-electron chi connectivity index (χ4n) is 3.66. The van der Waals surface area contributed by atoms with Crippen LogP contribution in [0.25, 0.3) is 11.1 Å². The van der Waals surface area contributed by atoms with Crippen LogP contribution in [-0.2, 0) is 21.0 Å². The standard InChI is InChI=1S/C24H23F3N2O4S/c1-16-15-28-13-12-19(16)17-6-4-7-18(14-17)21(9-5-11-23(30)31)29-34(32,33)22-10-3-2-8-20(22)24(25,26)27/h2-4,6-8,10,12-15,21,29H,5,9,11H2,1H3,(H,30,31). The maximum Gasteiger partial charge on any atom is 0.417 e. The molecular weight excluding hydrogens is 469 g/mol. The Labute approximate surface area is 195 Å². The van der Waals surface area contributed by atoms with Gasteiger partial charge in [0.25, 0.3) is 0 Å². The largest absolute Gasteiger partial charge is 0.481 e. The molecule has 0 bridgehead atoms. The number of hydrogen-bond donors (Lipinski definition) is 2. The lowest BCUT2D eigenvalue weighted by Gasteiger charge is -2.21. The van der Waals surface area contributed by atoms with Crippen LogP contribution < -0.4 is 4.72 Å². The van der Waals surface area contributed by atoms with Crippen molar-refractivity contribution in [3.63, 3.8) is 0 Å². The van der Waals surface area contributed by atoms with Gasteiger partial charge in [-0.25, -0.2) is 13.1 Å². The van der Waals surface area contributed by atoms with Crippen molar-refractivity contribution in [3.8, 4) is 11.1 Å². The summed E-state index contributed by atoms with van der Waals surface area (Å²) in [5, 5.41) is 8.99. The minimum Gasteiger partial charge on any atom is -0.481 e. The van der Waals surface area contributed by atoms with Gasteiger partial charge in [-0.3, -0.25) is 9.78 Å². The number of aromatic nitrogens is 1. The second-order valence-corrected chi connectivity index (χ2v) is 9.45. The zero-order valence-electron chi connectivity index (χ0n) is 18.2. The lowest BCUT2D eigenvalue weighted by atomic mass is 9.96. The average Bonchev–Trinajstić information content (AvgIpc) is 2.78. The number of halogens is 3. The number of nitrogens with one attached hydrogen (secondary N) is 1. The second kappa shape index (κ2) is 10.4. The van der Waals surface area contributed by atoms with E-state index in [0.717, 1.165) is 28.8 Å². The highest BCUT2D eigenvalue weighted by Crippen LogP contribution is 2.35. The van der Waals surface area contributed by atoms with E-state index in [1.54, 1.807) is 36.7 Å². The molecule has 0 fully saturated rings. The first kappa shape index (κ1) is 25.4. The minimum atomic E-state index is -4.86. The zero-order chi connectivity index (χ0) is 24.9. The summed E-state index contributed by atoms with van der Waals surface area (Å²) < 4.78 is 68.8. The summed E-state index contributed by atoms with van der Waals surface area (Å²) in [5.41, 5.74) is 1.77. The Morgan fingerprint density at radius 2 is 1.85 bits per heavy atom. The first-order valence-corrected chi connectivity index (χ1v) is 11.9. The molecule has 0 radical (unpaired) electrons. The normalized spacial score (nSPS) is 12.9. The molecule has 3 aromatic rings. The molecule has 0 saturated heterocycles. The Bertz CT molecular complexity index is 1280. The number of sulfonamides is 1. The molecule has 0 spiro atoms. The van der Waals surface area contributed by atoms with Gasteiger partial charge in [0.05, 0.1) is 10.5 Å². The molecule has 6 nitrogen and oxygen atoms in total. The highest BCUT2D eigenvalue weighted by Gasteiger charge is 2.37. The van der Waals surface area contributed by atoms with Crippen molar-refractivity contribution in [3.05, 3.63) is 83.7 Å². The van der Waals surface area contributed by atoms with Gasteiger partial charge in [0, 0.05) is 24.9 Å². The molecular formula is C24H23F3N2O4S. The van der Waals surface area contributed by atoms with Gasteiger partial charge in [0.2, 0.25) is 10.0 Å². The lowest BCUT2D eigenvalue weighted by molar-refractivity contribution is -0.140. The average molecular weight is 493 g/mol. The monoisotopic (exact) mass is 492 g/mol. The van der Waals surface area contributed by atoms with Gasteiger partial charge in [0.15, 0.2) is 0 Å². The topological polar surface area (TPSA) is 96.4 Å². The van der Waals surface area contributed by atoms with Crippen LogP contribution in [0.1, 0.15) is 42.0 Å². The summed E-state index contributed by atoms with van der Waals surface area (Å²) in [4.78, 5) is 14.2. The third-order valence-corrected chi connectivity index (χ3v) is 6.81. The maximum atomic E-state index is 13.4. The summed E-state index contributed by atoms with van der Waals surface area (Å²) in [6.07, 6.45) is -1.55. The van der Waals surface area contributed by atoms with E-state index in [1.807, 2.05) is 13.0 Å². The SMILES string of the molecule is Cc1cnccc1-c1cccc(C(CCCC(=O)O)NS(=O)(=O)c2ccccc2C(F)(F)F)c1. The van der Waals surface area contributed by atoms with E-state index in [2.05, 4.69) is 9.71 Å². The molecule has 0 aliphatic heterocycles. The van der Waals surface area contributed by atoms with Gasteiger partial charge >= 0.3 is 12.1 Å². The van der Waals surface area contributed by atoms with Crippen LogP contribution in [0, 0.1) is 6.92 Å². The van der Waals surface area contributed by atoms with Crippen LogP contribution in [0.5, 0.6) is 0 Å². The number of carboxylic acid groups (broad SMARTS) is 1. The lowest BCUT2D eigenvalue weighted by Crippen LogP contribution is -2.30. The zero-order valence-corrected chi connectivity index (χ0v) is 19.0. The smallest absolute Gasteiger partial charge is 0.417 e. The van der Waals surface area contributed by atoms with E-state index in [-0.39, 0.29) is 19.3 Å². The molecule has 10 heteroatoms. The molecule has 0 saturated carbocycles. The Hall–Kier alpha value is -3.24. The van der Waals surface area contributed by atoms with Crippen LogP contribution in [0.4, 0.5) is 13.2 Å². The van der Waals surface area contributed by atoms with Gasteiger partial charge < -0.3 is 5.11 Å². The van der Waals surface area contributed by atoms with E-state index in [0.29, 0.717) is 11.6 Å². The third kappa shape index (κ3) is 6.21. The second-order valence-electron chi connectivity index (χ2n) is 7.77. The van der Waals surface area contributed by atoms with Crippen LogP contribution >= 0.6 is 0 Å². The Morgan fingerprint density at radius 3 is 2.53 bits per heavy atom. The van der Waals surface area contributed by atoms with Gasteiger partial charge in [0.1, 0.15) is 0 Å². The first-order chi connectivity index (χ1) is 16.0. The van der Waals surface area contributed by atoms with Crippen LogP contribution in [0.15, 0.2) is 71.9 Å². The number of aryl methyl sites for hydroxylation is 1. The molecule has 0 aliphatic carbocycles. The molecule has 1 unspecified atom stereocenters. The van der Waals surface area contributed by atoms with Crippen molar-refractivity contribution in [1.82, 2.24) is 9.71 Å². The molecule has 3 rings (SSSR count). The fraction of sp³-hybridized carbons (Fsp3) is 0.250. The predicted octanol–water partition coefficient (Wildman–Crippen LogP) is 5.35. The summed E-state index contributed by atoms with van der Waals surface area (Å²) in [7, 11) is -4.59. The number of pyridine rings is 1. The Kier molecular flexibility index (Phi) is 7.73. The van der Waals surface area contributed by atoms with Gasteiger partial charge in [-0.15, -0.1) is 0 Å². The molecule has 1 atom stereocenters. The summed E-state index contributed by atoms with van der Waals surface area (Å²) in [5.74, 6) is -1.05. The van der Waals surface area contributed by atoms with Crippen molar-refractivity contribution < 1.29 is 31.5 Å². The van der Waals surface area contributed by atoms with Gasteiger partial charge in [-0.05, 0) is 66.3 Å². The van der Waals surface area contributed by atoms with Crippen molar-refractivity contribution in [2.75, 3.05) is 0 Å². The summed E-state index contributed by atoms with van der Waals surface area (Å²) in [6, 6.07) is 11.8. The minimum absolute atomic E-state index is 0.0818. The Morgan fingerprint density at radius 1 is 1.12 bits per heavy atom.